The quantitative estimate of drug-likeness (QED) is 0.818. The zero-order valence-electron chi connectivity index (χ0n) is 11.8. The van der Waals surface area contributed by atoms with Crippen LogP contribution >= 0.6 is 0 Å². The summed E-state index contributed by atoms with van der Waals surface area (Å²) in [5.74, 6) is -0.564. The molecule has 2 rings (SSSR count). The van der Waals surface area contributed by atoms with E-state index in [1.54, 1.807) is 31.2 Å². The predicted molar refractivity (Wildman–Crippen MR) is 79.5 cm³/mol. The molecule has 1 unspecified atom stereocenters. The first-order valence-electron chi connectivity index (χ1n) is 6.74. The lowest BCUT2D eigenvalue weighted by molar-refractivity contribution is -0.117. The van der Waals surface area contributed by atoms with Crippen LogP contribution in [0.5, 0.6) is 0 Å². The Morgan fingerprint density at radius 3 is 2.48 bits per heavy atom. The highest BCUT2D eigenvalue weighted by Crippen LogP contribution is 2.26. The maximum atomic E-state index is 12.0. The zero-order valence-corrected chi connectivity index (χ0v) is 12.6. The van der Waals surface area contributed by atoms with Crippen LogP contribution in [0.1, 0.15) is 30.1 Å². The molecule has 1 amide bonds. The monoisotopic (exact) mass is 310 g/mol. The summed E-state index contributed by atoms with van der Waals surface area (Å²) in [4.78, 5) is 25.1. The molecule has 1 atom stereocenters. The summed E-state index contributed by atoms with van der Waals surface area (Å²) in [5, 5.41) is 5.02. The predicted octanol–water partition coefficient (Wildman–Crippen LogP) is 0.921. The summed E-state index contributed by atoms with van der Waals surface area (Å²) >= 11 is 0. The van der Waals surface area contributed by atoms with E-state index in [4.69, 9.17) is 5.14 Å². The summed E-state index contributed by atoms with van der Waals surface area (Å²) in [7, 11) is -3.58. The Hall–Kier alpha value is -1.73. The number of amides is 1. The number of rotatable bonds is 5. The van der Waals surface area contributed by atoms with Crippen LogP contribution in [-0.2, 0) is 14.8 Å². The number of carbonyl (C=O) groups excluding carboxylic acids is 2. The van der Waals surface area contributed by atoms with E-state index in [-0.39, 0.29) is 29.8 Å². The molecule has 0 bridgehead atoms. The van der Waals surface area contributed by atoms with Crippen molar-refractivity contribution in [2.45, 2.75) is 19.8 Å². The number of benzene rings is 1. The van der Waals surface area contributed by atoms with E-state index in [1.165, 1.54) is 4.90 Å². The molecule has 6 nitrogen and oxygen atoms in total. The molecule has 1 aromatic rings. The van der Waals surface area contributed by atoms with Crippen molar-refractivity contribution in [3.63, 3.8) is 0 Å². The average molecular weight is 310 g/mol. The number of hydrogen-bond donors (Lipinski definition) is 1. The number of nitrogens with zero attached hydrogens (tertiary/aromatic N) is 1. The number of carbonyl (C=O) groups is 2. The smallest absolute Gasteiger partial charge is 0.227 e. The van der Waals surface area contributed by atoms with E-state index in [0.717, 1.165) is 0 Å². The van der Waals surface area contributed by atoms with E-state index < -0.39 is 10.0 Å². The van der Waals surface area contributed by atoms with E-state index in [9.17, 15) is 18.0 Å². The first kappa shape index (κ1) is 15.7. The number of primary sulfonamides is 1. The van der Waals surface area contributed by atoms with Crippen LogP contribution in [0.4, 0.5) is 5.69 Å². The Balaban J connectivity index is 2.12. The van der Waals surface area contributed by atoms with Gasteiger partial charge in [0.2, 0.25) is 15.9 Å². The van der Waals surface area contributed by atoms with Crippen LogP contribution in [0.25, 0.3) is 0 Å². The minimum atomic E-state index is -3.58. The minimum Gasteiger partial charge on any atom is -0.312 e. The van der Waals surface area contributed by atoms with E-state index in [1.807, 2.05) is 0 Å². The molecule has 0 aromatic heterocycles. The van der Waals surface area contributed by atoms with Gasteiger partial charge in [-0.25, -0.2) is 13.6 Å². The summed E-state index contributed by atoms with van der Waals surface area (Å²) in [6.07, 6.45) is 0.602. The second kappa shape index (κ2) is 5.95. The molecular formula is C14H18N2O4S. The van der Waals surface area contributed by atoms with Crippen molar-refractivity contribution in [1.29, 1.82) is 0 Å². The van der Waals surface area contributed by atoms with Gasteiger partial charge in [-0.3, -0.25) is 9.59 Å². The second-order valence-corrected chi connectivity index (χ2v) is 6.89. The molecule has 0 spiro atoms. The number of sulfonamides is 1. The van der Waals surface area contributed by atoms with Crippen LogP contribution in [0.2, 0.25) is 0 Å². The largest absolute Gasteiger partial charge is 0.312 e. The Morgan fingerprint density at radius 2 is 1.95 bits per heavy atom. The Morgan fingerprint density at radius 1 is 1.33 bits per heavy atom. The third-order valence-electron chi connectivity index (χ3n) is 3.50. The normalized spacial score (nSPS) is 19.0. The lowest BCUT2D eigenvalue weighted by atomic mass is 10.1. The zero-order chi connectivity index (χ0) is 15.6. The molecule has 1 aromatic carbocycles. The van der Waals surface area contributed by atoms with Gasteiger partial charge in [0.1, 0.15) is 0 Å². The number of nitrogens with two attached hydrogens (primary N) is 1. The van der Waals surface area contributed by atoms with Gasteiger partial charge in [-0.15, -0.1) is 0 Å². The standard InChI is InChI=1S/C14H18N2O4S/c1-2-13(17)11-3-5-12(6-4-11)16-8-10(7-14(16)18)9-21(15,19)20/h3-6,10H,2,7-9H2,1H3,(H2,15,19,20). The lowest BCUT2D eigenvalue weighted by Crippen LogP contribution is -2.27. The lowest BCUT2D eigenvalue weighted by Gasteiger charge is -2.17. The molecule has 1 fully saturated rings. The fourth-order valence-electron chi connectivity index (χ4n) is 2.50. The maximum absolute atomic E-state index is 12.0. The number of hydrogen-bond acceptors (Lipinski definition) is 4. The highest BCUT2D eigenvalue weighted by molar-refractivity contribution is 7.89. The molecule has 0 saturated carbocycles. The SMILES string of the molecule is CCC(=O)c1ccc(N2CC(CS(N)(=O)=O)CC2=O)cc1. The van der Waals surface area contributed by atoms with Crippen molar-refractivity contribution >= 4 is 27.4 Å². The van der Waals surface area contributed by atoms with Gasteiger partial charge < -0.3 is 4.90 Å². The van der Waals surface area contributed by atoms with E-state index in [0.29, 0.717) is 24.2 Å². The van der Waals surface area contributed by atoms with E-state index in [2.05, 4.69) is 0 Å². The molecule has 1 aliphatic rings. The Kier molecular flexibility index (Phi) is 4.43. The van der Waals surface area contributed by atoms with Gasteiger partial charge in [-0.05, 0) is 24.3 Å². The van der Waals surface area contributed by atoms with E-state index >= 15 is 0 Å². The van der Waals surface area contributed by atoms with Crippen molar-refractivity contribution in [3.8, 4) is 0 Å². The molecule has 1 heterocycles. The maximum Gasteiger partial charge on any atom is 0.227 e. The molecular weight excluding hydrogens is 292 g/mol. The molecule has 114 valence electrons. The summed E-state index contributed by atoms with van der Waals surface area (Å²) in [5.41, 5.74) is 1.28. The van der Waals surface area contributed by atoms with Gasteiger partial charge in [-0.1, -0.05) is 6.92 Å². The average Bonchev–Trinajstić information content (AvgIpc) is 2.76. The van der Waals surface area contributed by atoms with Crippen LogP contribution in [-0.4, -0.2) is 32.4 Å². The summed E-state index contributed by atoms with van der Waals surface area (Å²) in [6.45, 7) is 2.12. The van der Waals surface area contributed by atoms with Crippen molar-refractivity contribution in [1.82, 2.24) is 0 Å². The molecule has 1 saturated heterocycles. The Labute approximate surface area is 124 Å². The highest BCUT2D eigenvalue weighted by atomic mass is 32.2. The third-order valence-corrected chi connectivity index (χ3v) is 4.43. The van der Waals surface area contributed by atoms with Gasteiger partial charge in [-0.2, -0.15) is 0 Å². The number of anilines is 1. The van der Waals surface area contributed by atoms with Crippen LogP contribution in [0, 0.1) is 5.92 Å². The first-order chi connectivity index (χ1) is 9.80. The van der Waals surface area contributed by atoms with Crippen molar-refractivity contribution < 1.29 is 18.0 Å². The van der Waals surface area contributed by atoms with Crippen molar-refractivity contribution in [3.05, 3.63) is 29.8 Å². The summed E-state index contributed by atoms with van der Waals surface area (Å²) < 4.78 is 22.2. The van der Waals surface area contributed by atoms with Gasteiger partial charge in [0, 0.05) is 36.6 Å². The fourth-order valence-corrected chi connectivity index (χ4v) is 3.38. The first-order valence-corrected chi connectivity index (χ1v) is 8.46. The minimum absolute atomic E-state index is 0.0430. The van der Waals surface area contributed by atoms with Crippen LogP contribution in [0.15, 0.2) is 24.3 Å². The van der Waals surface area contributed by atoms with Crippen molar-refractivity contribution in [2.24, 2.45) is 11.1 Å². The van der Waals surface area contributed by atoms with Crippen LogP contribution < -0.4 is 10.0 Å². The van der Waals surface area contributed by atoms with Gasteiger partial charge in [0.25, 0.3) is 0 Å². The number of Topliss-reactive ketones (excluding diaryl/α,β-unsaturated/α-hetero) is 1. The number of ketones is 1. The molecule has 1 aliphatic heterocycles. The van der Waals surface area contributed by atoms with Crippen LogP contribution in [0.3, 0.4) is 0 Å². The summed E-state index contributed by atoms with van der Waals surface area (Å²) in [6, 6.07) is 6.78. The Bertz CT molecular complexity index is 652. The topological polar surface area (TPSA) is 97.5 Å². The van der Waals surface area contributed by atoms with Crippen molar-refractivity contribution in [2.75, 3.05) is 17.2 Å². The molecule has 0 radical (unpaired) electrons. The molecule has 7 heteroatoms. The van der Waals surface area contributed by atoms with Gasteiger partial charge >= 0.3 is 0 Å². The fraction of sp³-hybridized carbons (Fsp3) is 0.429. The highest BCUT2D eigenvalue weighted by Gasteiger charge is 2.32. The molecule has 0 aliphatic carbocycles. The third kappa shape index (κ3) is 3.89. The molecule has 2 N–H and O–H groups in total. The van der Waals surface area contributed by atoms with Gasteiger partial charge in [0.15, 0.2) is 5.78 Å². The van der Waals surface area contributed by atoms with Gasteiger partial charge in [0.05, 0.1) is 5.75 Å². The second-order valence-electron chi connectivity index (χ2n) is 5.23. The molecule has 21 heavy (non-hydrogen) atoms.